The Morgan fingerprint density at radius 1 is 1.41 bits per heavy atom. The highest BCUT2D eigenvalue weighted by atomic mass is 79.9. The molecule has 3 heterocycles. The normalized spacial score (nSPS) is 19.1. The number of rotatable bonds is 1. The summed E-state index contributed by atoms with van der Waals surface area (Å²) in [7, 11) is 0. The first-order valence-corrected chi connectivity index (χ1v) is 8.26. The number of aryl methyl sites for hydroxylation is 1. The third kappa shape index (κ3) is 2.09. The minimum absolute atomic E-state index is 0.0890. The van der Waals surface area contributed by atoms with Gasteiger partial charge in [0.1, 0.15) is 0 Å². The Morgan fingerprint density at radius 2 is 2.27 bits per heavy atom. The van der Waals surface area contributed by atoms with E-state index in [1.54, 1.807) is 0 Å². The minimum atomic E-state index is -0.0932. The van der Waals surface area contributed by atoms with Crippen LogP contribution in [0.1, 0.15) is 31.2 Å². The fourth-order valence-corrected chi connectivity index (χ4v) is 3.57. The number of nitrogens with zero attached hydrogens (tertiary/aromatic N) is 2. The summed E-state index contributed by atoms with van der Waals surface area (Å²) in [5, 5.41) is 6.25. The predicted molar refractivity (Wildman–Crippen MR) is 89.1 cm³/mol. The van der Waals surface area contributed by atoms with Crippen LogP contribution in [0.4, 0.5) is 0 Å². The zero-order valence-electron chi connectivity index (χ0n) is 12.2. The van der Waals surface area contributed by atoms with E-state index in [9.17, 15) is 4.79 Å². The molecule has 1 fully saturated rings. The van der Waals surface area contributed by atoms with Crippen LogP contribution < -0.4 is 5.56 Å². The molecule has 1 aliphatic rings. The summed E-state index contributed by atoms with van der Waals surface area (Å²) >= 11 is 3.51. The Morgan fingerprint density at radius 3 is 3.05 bits per heavy atom. The van der Waals surface area contributed by atoms with E-state index >= 15 is 0 Å². The molecule has 3 aromatic rings. The topological polar surface area (TPSA) is 59.9 Å². The SMILES string of the molecule is Cc1nn(C2CCCCO2)c2c1c(=O)[nH]c1ccc(Br)cc12. The van der Waals surface area contributed by atoms with Gasteiger partial charge in [0.05, 0.1) is 22.1 Å². The number of nitrogens with one attached hydrogen (secondary N) is 1. The van der Waals surface area contributed by atoms with E-state index in [2.05, 4.69) is 26.0 Å². The second-order valence-electron chi connectivity index (χ2n) is 5.72. The fraction of sp³-hybridized carbons (Fsp3) is 0.375. The van der Waals surface area contributed by atoms with Gasteiger partial charge in [-0.2, -0.15) is 5.10 Å². The van der Waals surface area contributed by atoms with E-state index in [4.69, 9.17) is 4.74 Å². The maximum atomic E-state index is 12.4. The largest absolute Gasteiger partial charge is 0.356 e. The average Bonchev–Trinajstić information content (AvgIpc) is 2.88. The van der Waals surface area contributed by atoms with Crippen molar-refractivity contribution in [1.82, 2.24) is 14.8 Å². The second-order valence-corrected chi connectivity index (χ2v) is 6.63. The quantitative estimate of drug-likeness (QED) is 0.719. The number of benzene rings is 1. The van der Waals surface area contributed by atoms with Gasteiger partial charge in [-0.25, -0.2) is 4.68 Å². The molecule has 1 saturated heterocycles. The van der Waals surface area contributed by atoms with Gasteiger partial charge in [-0.3, -0.25) is 4.79 Å². The molecule has 0 bridgehead atoms. The molecule has 6 heteroatoms. The fourth-order valence-electron chi connectivity index (χ4n) is 3.21. The lowest BCUT2D eigenvalue weighted by molar-refractivity contribution is -0.0367. The molecule has 0 aliphatic carbocycles. The van der Waals surface area contributed by atoms with Gasteiger partial charge in [0.15, 0.2) is 6.23 Å². The standard InChI is InChI=1S/C16H16BrN3O2/c1-9-14-15(20(19-9)13-4-2-3-7-22-13)11-8-10(17)5-6-12(11)18-16(14)21/h5-6,8,13H,2-4,7H2,1H3,(H,18,21). The van der Waals surface area contributed by atoms with E-state index in [1.165, 1.54) is 0 Å². The smallest absolute Gasteiger partial charge is 0.259 e. The lowest BCUT2D eigenvalue weighted by Crippen LogP contribution is -2.19. The predicted octanol–water partition coefficient (Wildman–Crippen LogP) is 3.65. The highest BCUT2D eigenvalue weighted by molar-refractivity contribution is 9.10. The summed E-state index contributed by atoms with van der Waals surface area (Å²) < 4.78 is 8.75. The third-order valence-corrected chi connectivity index (χ3v) is 4.72. The number of ether oxygens (including phenoxy) is 1. The van der Waals surface area contributed by atoms with Crippen molar-refractivity contribution in [3.8, 4) is 0 Å². The van der Waals surface area contributed by atoms with E-state index in [0.717, 1.165) is 52.5 Å². The molecule has 2 aromatic heterocycles. The van der Waals surface area contributed by atoms with Crippen LogP contribution in [0.15, 0.2) is 27.5 Å². The van der Waals surface area contributed by atoms with Crippen molar-refractivity contribution in [1.29, 1.82) is 0 Å². The molecule has 0 spiro atoms. The summed E-state index contributed by atoms with van der Waals surface area (Å²) in [5.74, 6) is 0. The van der Waals surface area contributed by atoms with Crippen molar-refractivity contribution in [3.05, 3.63) is 38.7 Å². The van der Waals surface area contributed by atoms with Gasteiger partial charge in [0.2, 0.25) is 0 Å². The summed E-state index contributed by atoms with van der Waals surface area (Å²) in [6.45, 7) is 2.62. The molecule has 0 radical (unpaired) electrons. The van der Waals surface area contributed by atoms with Gasteiger partial charge in [0.25, 0.3) is 5.56 Å². The molecular weight excluding hydrogens is 346 g/mol. The van der Waals surface area contributed by atoms with Crippen LogP contribution in [0.2, 0.25) is 0 Å². The first-order valence-electron chi connectivity index (χ1n) is 7.47. The van der Waals surface area contributed by atoms with Crippen LogP contribution in [0.5, 0.6) is 0 Å². The number of aromatic nitrogens is 3. The molecule has 1 atom stereocenters. The van der Waals surface area contributed by atoms with Crippen molar-refractivity contribution < 1.29 is 4.74 Å². The Hall–Kier alpha value is -1.66. The number of H-pyrrole nitrogens is 1. The Labute approximate surface area is 135 Å². The number of aromatic amines is 1. The Kier molecular flexibility index (Phi) is 3.31. The number of hydrogen-bond acceptors (Lipinski definition) is 3. The minimum Gasteiger partial charge on any atom is -0.356 e. The maximum Gasteiger partial charge on any atom is 0.259 e. The Balaban J connectivity index is 2.10. The van der Waals surface area contributed by atoms with Gasteiger partial charge in [-0.1, -0.05) is 15.9 Å². The molecule has 1 unspecified atom stereocenters. The van der Waals surface area contributed by atoms with Crippen LogP contribution in [-0.2, 0) is 4.74 Å². The molecule has 1 aliphatic heterocycles. The van der Waals surface area contributed by atoms with Crippen LogP contribution in [0.3, 0.4) is 0 Å². The Bertz CT molecular complexity index is 922. The van der Waals surface area contributed by atoms with E-state index in [-0.39, 0.29) is 11.8 Å². The van der Waals surface area contributed by atoms with Gasteiger partial charge < -0.3 is 9.72 Å². The summed E-state index contributed by atoms with van der Waals surface area (Å²) in [5.41, 5.74) is 2.33. The van der Waals surface area contributed by atoms with Crippen LogP contribution in [-0.4, -0.2) is 21.4 Å². The van der Waals surface area contributed by atoms with Gasteiger partial charge >= 0.3 is 0 Å². The third-order valence-electron chi connectivity index (χ3n) is 4.23. The van der Waals surface area contributed by atoms with Crippen molar-refractivity contribution >= 4 is 37.7 Å². The molecule has 1 aromatic carbocycles. The van der Waals surface area contributed by atoms with Gasteiger partial charge in [-0.05, 0) is 44.4 Å². The first-order chi connectivity index (χ1) is 10.6. The summed E-state index contributed by atoms with van der Waals surface area (Å²) in [6.07, 6.45) is 3.05. The lowest BCUT2D eigenvalue weighted by atomic mass is 10.1. The van der Waals surface area contributed by atoms with E-state index < -0.39 is 0 Å². The van der Waals surface area contributed by atoms with Crippen LogP contribution in [0, 0.1) is 6.92 Å². The molecule has 4 rings (SSSR count). The molecule has 0 amide bonds. The van der Waals surface area contributed by atoms with Gasteiger partial charge in [0, 0.05) is 16.5 Å². The van der Waals surface area contributed by atoms with Crippen molar-refractivity contribution in [2.45, 2.75) is 32.4 Å². The zero-order valence-corrected chi connectivity index (χ0v) is 13.8. The molecular formula is C16H16BrN3O2. The maximum absolute atomic E-state index is 12.4. The van der Waals surface area contributed by atoms with Crippen LogP contribution in [0.25, 0.3) is 21.8 Å². The molecule has 1 N–H and O–H groups in total. The highest BCUT2D eigenvalue weighted by Crippen LogP contribution is 2.31. The summed E-state index contributed by atoms with van der Waals surface area (Å²) in [6, 6.07) is 5.86. The van der Waals surface area contributed by atoms with E-state index in [1.807, 2.05) is 29.8 Å². The van der Waals surface area contributed by atoms with Crippen molar-refractivity contribution in [2.75, 3.05) is 6.61 Å². The molecule has 22 heavy (non-hydrogen) atoms. The monoisotopic (exact) mass is 361 g/mol. The molecule has 114 valence electrons. The molecule has 5 nitrogen and oxygen atoms in total. The van der Waals surface area contributed by atoms with E-state index in [0.29, 0.717) is 5.39 Å². The van der Waals surface area contributed by atoms with Gasteiger partial charge in [-0.15, -0.1) is 0 Å². The molecule has 0 saturated carbocycles. The number of pyridine rings is 1. The average molecular weight is 362 g/mol. The lowest BCUT2D eigenvalue weighted by Gasteiger charge is -2.23. The number of hydrogen-bond donors (Lipinski definition) is 1. The number of fused-ring (bicyclic) bond motifs is 3. The first kappa shape index (κ1) is 14.0. The van der Waals surface area contributed by atoms with Crippen molar-refractivity contribution in [3.63, 3.8) is 0 Å². The van der Waals surface area contributed by atoms with Crippen LogP contribution >= 0.6 is 15.9 Å². The zero-order chi connectivity index (χ0) is 15.3. The highest BCUT2D eigenvalue weighted by Gasteiger charge is 2.23. The number of halogens is 1. The second kappa shape index (κ2) is 5.21. The van der Waals surface area contributed by atoms with Crippen molar-refractivity contribution in [2.24, 2.45) is 0 Å². The summed E-state index contributed by atoms with van der Waals surface area (Å²) in [4.78, 5) is 15.4.